The van der Waals surface area contributed by atoms with E-state index in [4.69, 9.17) is 14.2 Å². The zero-order valence-corrected chi connectivity index (χ0v) is 34.6. The van der Waals surface area contributed by atoms with Crippen molar-refractivity contribution in [2.24, 2.45) is 17.8 Å². The van der Waals surface area contributed by atoms with Crippen molar-refractivity contribution in [3.63, 3.8) is 0 Å². The number of benzene rings is 1. The molecule has 4 amide bonds. The number of carbonyl (C=O) groups is 4. The normalized spacial score (nSPS) is 29.2. The molecule has 18 heteroatoms. The van der Waals surface area contributed by atoms with Gasteiger partial charge in [0.05, 0.1) is 20.8 Å². The molecule has 6 rings (SSSR count). The van der Waals surface area contributed by atoms with Crippen molar-refractivity contribution in [2.75, 3.05) is 20.8 Å². The highest BCUT2D eigenvalue weighted by molar-refractivity contribution is 7.91. The largest absolute Gasteiger partial charge is 0.497 e. The number of carbonyl (C=O) groups excluding carboxylic acids is 3. The van der Waals surface area contributed by atoms with Gasteiger partial charge in [-0.25, -0.2) is 22.0 Å². The summed E-state index contributed by atoms with van der Waals surface area (Å²) < 4.78 is 71.0. The molecule has 3 heterocycles. The van der Waals surface area contributed by atoms with Crippen molar-refractivity contribution in [3.8, 4) is 17.5 Å². The van der Waals surface area contributed by atoms with Crippen LogP contribution in [0.1, 0.15) is 79.6 Å². The first-order valence-electron chi connectivity index (χ1n) is 19.5. The van der Waals surface area contributed by atoms with Gasteiger partial charge in [0.1, 0.15) is 29.5 Å². The highest BCUT2D eigenvalue weighted by Crippen LogP contribution is 2.50. The van der Waals surface area contributed by atoms with Gasteiger partial charge in [0.25, 0.3) is 12.3 Å². The number of nitrogens with zero attached hydrogens (tertiary/aromatic N) is 3. The fourth-order valence-electron chi connectivity index (χ4n) is 8.49. The summed E-state index contributed by atoms with van der Waals surface area (Å²) in [7, 11) is -1.87. The third-order valence-corrected chi connectivity index (χ3v) is 14.1. The van der Waals surface area contributed by atoms with Crippen LogP contribution in [0.15, 0.2) is 36.4 Å². The summed E-state index contributed by atoms with van der Waals surface area (Å²) in [4.78, 5) is 63.5. The Morgan fingerprint density at radius 3 is 2.41 bits per heavy atom. The Balaban J connectivity index is 1.41. The van der Waals surface area contributed by atoms with Gasteiger partial charge in [-0.3, -0.25) is 24.0 Å². The molecule has 1 aromatic heterocycles. The number of ether oxygens (including phenoxy) is 3. The Morgan fingerprint density at radius 1 is 1.10 bits per heavy atom. The number of alkyl halides is 2. The molecule has 1 aromatic carbocycles. The number of aromatic nitrogens is 1. The summed E-state index contributed by atoms with van der Waals surface area (Å²) in [5, 5.41) is 14.6. The van der Waals surface area contributed by atoms with Gasteiger partial charge in [-0.05, 0) is 94.7 Å². The number of hydrogen-bond donors (Lipinski definition) is 3. The van der Waals surface area contributed by atoms with E-state index >= 15 is 4.79 Å². The summed E-state index contributed by atoms with van der Waals surface area (Å²) in [5.74, 6) is -2.85. The molecule has 2 aliphatic carbocycles. The van der Waals surface area contributed by atoms with Crippen LogP contribution in [0, 0.1) is 17.8 Å². The van der Waals surface area contributed by atoms with Gasteiger partial charge in [0.2, 0.25) is 33.6 Å². The number of hydrogen-bond acceptors (Lipinski definition) is 10. The molecular formula is C40H53F2N5O10S. The molecule has 2 aliphatic heterocycles. The van der Waals surface area contributed by atoms with Crippen LogP contribution in [-0.2, 0) is 24.4 Å². The summed E-state index contributed by atoms with van der Waals surface area (Å²) >= 11 is 0. The number of methoxy groups -OCH3 is 2. The zero-order valence-electron chi connectivity index (χ0n) is 33.8. The second kappa shape index (κ2) is 15.8. The Hall–Kier alpha value is -4.74. The maximum atomic E-state index is 15.1. The molecule has 3 fully saturated rings. The van der Waals surface area contributed by atoms with Crippen LogP contribution in [-0.4, -0.2) is 113 Å². The number of allylic oxidation sites excluding steroid dienone is 1. The van der Waals surface area contributed by atoms with Crippen molar-refractivity contribution in [1.29, 1.82) is 0 Å². The van der Waals surface area contributed by atoms with Gasteiger partial charge in [0.15, 0.2) is 4.75 Å². The first kappa shape index (κ1) is 42.9. The zero-order chi connectivity index (χ0) is 42.5. The van der Waals surface area contributed by atoms with Gasteiger partial charge >= 0.3 is 6.09 Å². The average Bonchev–Trinajstić information content (AvgIpc) is 4.06. The summed E-state index contributed by atoms with van der Waals surface area (Å²) in [6, 6.07) is 4.35. The van der Waals surface area contributed by atoms with Crippen LogP contribution in [0.3, 0.4) is 0 Å². The minimum atomic E-state index is -4.84. The van der Waals surface area contributed by atoms with Gasteiger partial charge in [-0.1, -0.05) is 26.0 Å². The lowest BCUT2D eigenvalue weighted by Gasteiger charge is -2.43. The maximum absolute atomic E-state index is 15.1. The minimum absolute atomic E-state index is 0.0198. The SMILES string of the molecule is COc1ccc2c(O[C@@H]3C[C@H]4C(=O)N[C@]5(C(=O)NS(=O)(=O)C6(C(F)F)CC6)C[C@H]5/C=C\CC[C@@H](C)C[C@@H](C)[C@H](N(C(=O)O)C(C)(C)C)C(=O)N4C3)nc(OC)cc2c1. The Bertz CT molecular complexity index is 2090. The van der Waals surface area contributed by atoms with E-state index in [1.54, 1.807) is 51.1 Å². The summed E-state index contributed by atoms with van der Waals surface area (Å²) in [6.07, 6.45) is -1.01. The number of amides is 4. The fraction of sp³-hybridized carbons (Fsp3) is 0.625. The smallest absolute Gasteiger partial charge is 0.408 e. The first-order chi connectivity index (χ1) is 27.2. The molecule has 0 radical (unpaired) electrons. The third-order valence-electron chi connectivity index (χ3n) is 12.0. The van der Waals surface area contributed by atoms with Crippen LogP contribution in [0.5, 0.6) is 17.5 Å². The van der Waals surface area contributed by atoms with Gasteiger partial charge in [-0.2, -0.15) is 4.98 Å². The molecular weight excluding hydrogens is 781 g/mol. The highest BCUT2D eigenvalue weighted by atomic mass is 32.2. The highest BCUT2D eigenvalue weighted by Gasteiger charge is 2.66. The topological polar surface area (TPSA) is 194 Å². The quantitative estimate of drug-likeness (QED) is 0.292. The van der Waals surface area contributed by atoms with Crippen LogP contribution < -0.4 is 24.2 Å². The molecule has 318 valence electrons. The van der Waals surface area contributed by atoms with Crippen LogP contribution in [0.25, 0.3) is 10.8 Å². The van der Waals surface area contributed by atoms with Crippen LogP contribution in [0.4, 0.5) is 13.6 Å². The maximum Gasteiger partial charge on any atom is 0.408 e. The Morgan fingerprint density at radius 2 is 1.81 bits per heavy atom. The molecule has 15 nitrogen and oxygen atoms in total. The molecule has 1 saturated heterocycles. The van der Waals surface area contributed by atoms with E-state index in [-0.39, 0.29) is 49.9 Å². The Kier molecular flexibility index (Phi) is 11.7. The number of carboxylic acid groups (broad SMARTS) is 1. The molecule has 4 aliphatic rings. The number of pyridine rings is 1. The standard InChI is InChI=1S/C40H53F2N5O10S/c1-22-10-8-9-11-25-20-40(25,36(50)45-58(53,54)39(14-15-39)35(41)42)44-32(48)29-19-27(57-33-28-13-12-26(55-6)17-24(28)18-30(43-33)56-7)21-46(29)34(49)31(23(2)16-22)47(37(51)52)38(3,4)5/h9,11-13,17-18,22-23,25,27,29,31,35H,8,10,14-16,19-21H2,1-7H3,(H,44,48)(H,45,50)(H,51,52)/b11-9-/t22-,23-,25-,27-,29+,31+,40-/m1/s1. The predicted molar refractivity (Wildman–Crippen MR) is 208 cm³/mol. The van der Waals surface area contributed by atoms with Crippen molar-refractivity contribution in [2.45, 2.75) is 120 Å². The van der Waals surface area contributed by atoms with Gasteiger partial charge < -0.3 is 29.5 Å². The monoisotopic (exact) mass is 833 g/mol. The lowest BCUT2D eigenvalue weighted by Crippen LogP contribution is -2.62. The lowest BCUT2D eigenvalue weighted by molar-refractivity contribution is -0.146. The second-order valence-electron chi connectivity index (χ2n) is 17.2. The van der Waals surface area contributed by atoms with Crippen molar-refractivity contribution < 1.29 is 55.7 Å². The van der Waals surface area contributed by atoms with Crippen LogP contribution in [0.2, 0.25) is 0 Å². The molecule has 0 spiro atoms. The predicted octanol–water partition coefficient (Wildman–Crippen LogP) is 4.88. The van der Waals surface area contributed by atoms with Crippen LogP contribution >= 0.6 is 0 Å². The van der Waals surface area contributed by atoms with E-state index in [1.807, 2.05) is 24.6 Å². The molecule has 0 bridgehead atoms. The second-order valence-corrected chi connectivity index (χ2v) is 19.2. The van der Waals surface area contributed by atoms with E-state index in [0.29, 0.717) is 35.8 Å². The van der Waals surface area contributed by atoms with Crippen molar-refractivity contribution >= 4 is 44.6 Å². The molecule has 58 heavy (non-hydrogen) atoms. The number of fused-ring (bicyclic) bond motifs is 3. The van der Waals surface area contributed by atoms with Gasteiger partial charge in [0, 0.05) is 29.3 Å². The fourth-order valence-corrected chi connectivity index (χ4v) is 9.99. The molecule has 2 saturated carbocycles. The van der Waals surface area contributed by atoms with Crippen molar-refractivity contribution in [3.05, 3.63) is 36.4 Å². The van der Waals surface area contributed by atoms with E-state index in [2.05, 4.69) is 10.3 Å². The summed E-state index contributed by atoms with van der Waals surface area (Å²) in [6.45, 7) is 8.68. The molecule has 0 unspecified atom stereocenters. The van der Waals surface area contributed by atoms with E-state index < -0.39 is 86.1 Å². The summed E-state index contributed by atoms with van der Waals surface area (Å²) in [5.41, 5.74) is -2.87. The van der Waals surface area contributed by atoms with Crippen molar-refractivity contribution in [1.82, 2.24) is 24.8 Å². The minimum Gasteiger partial charge on any atom is -0.497 e. The van der Waals surface area contributed by atoms with E-state index in [1.165, 1.54) is 19.1 Å². The number of sulfonamides is 1. The third kappa shape index (κ3) is 8.12. The first-order valence-corrected chi connectivity index (χ1v) is 21.0. The molecule has 3 N–H and O–H groups in total. The molecule has 7 atom stereocenters. The number of halogens is 2. The number of rotatable bonds is 9. The Labute approximate surface area is 336 Å². The van der Waals surface area contributed by atoms with Gasteiger partial charge in [-0.15, -0.1) is 0 Å². The lowest BCUT2D eigenvalue weighted by atomic mass is 9.85. The van der Waals surface area contributed by atoms with E-state index in [9.17, 15) is 36.7 Å². The van der Waals surface area contributed by atoms with E-state index in [0.717, 1.165) is 4.90 Å². The average molecular weight is 834 g/mol. The molecule has 2 aromatic rings. The number of nitrogens with one attached hydrogen (secondary N) is 2.